The van der Waals surface area contributed by atoms with E-state index in [0.29, 0.717) is 13.0 Å². The average molecular weight is 372 g/mol. The molecular formula is C21H25NO3S. The van der Waals surface area contributed by atoms with Crippen LogP contribution in [0.15, 0.2) is 52.9 Å². The van der Waals surface area contributed by atoms with Crippen molar-refractivity contribution in [3.05, 3.63) is 48.5 Å². The molecule has 0 aliphatic rings. The summed E-state index contributed by atoms with van der Waals surface area (Å²) in [6, 6.07) is 16.3. The number of para-hydroxylation sites is 3. The third kappa shape index (κ3) is 4.88. The summed E-state index contributed by atoms with van der Waals surface area (Å²) in [5.74, 6) is -0.0849. The van der Waals surface area contributed by atoms with Gasteiger partial charge in [0.2, 0.25) is 0 Å². The summed E-state index contributed by atoms with van der Waals surface area (Å²) in [6.07, 6.45) is 4.64. The molecule has 0 unspecified atom stereocenters. The van der Waals surface area contributed by atoms with Gasteiger partial charge in [-0.1, -0.05) is 48.6 Å². The number of hydrogen-bond donors (Lipinski definition) is 0. The van der Waals surface area contributed by atoms with Gasteiger partial charge < -0.3 is 9.15 Å². The van der Waals surface area contributed by atoms with Crippen molar-refractivity contribution < 1.29 is 13.9 Å². The van der Waals surface area contributed by atoms with Crippen LogP contribution in [0.5, 0.6) is 0 Å². The Morgan fingerprint density at radius 3 is 2.58 bits per heavy atom. The number of carbonyl (C=O) groups excluding carboxylic acids is 1. The van der Waals surface area contributed by atoms with Crippen molar-refractivity contribution >= 4 is 38.9 Å². The normalized spacial score (nSPS) is 11.0. The third-order valence-electron chi connectivity index (χ3n) is 4.21. The molecule has 5 heteroatoms. The van der Waals surface area contributed by atoms with Crippen LogP contribution in [0.1, 0.15) is 39.0 Å². The van der Waals surface area contributed by atoms with Gasteiger partial charge in [-0.15, -0.1) is 0 Å². The molecule has 0 bridgehead atoms. The highest BCUT2D eigenvalue weighted by Crippen LogP contribution is 2.24. The largest absolute Gasteiger partial charge is 0.466 e. The van der Waals surface area contributed by atoms with Gasteiger partial charge in [0, 0.05) is 13.0 Å². The second-order valence-electron chi connectivity index (χ2n) is 6.18. The van der Waals surface area contributed by atoms with Crippen molar-refractivity contribution in [2.45, 2.75) is 45.6 Å². The highest BCUT2D eigenvalue weighted by Gasteiger charge is 2.04. The molecule has 138 valence electrons. The predicted molar refractivity (Wildman–Crippen MR) is 107 cm³/mol. The molecule has 1 heterocycles. The Bertz CT molecular complexity index is 904. The van der Waals surface area contributed by atoms with Crippen LogP contribution in [0.2, 0.25) is 0 Å². The first-order valence-corrected chi connectivity index (χ1v) is 10.0. The lowest BCUT2D eigenvalue weighted by molar-refractivity contribution is -0.143. The summed E-state index contributed by atoms with van der Waals surface area (Å²) < 4.78 is 14.5. The standard InChI is InChI=1S/C21H25NO3S/c1-2-24-21(23)15-5-3-4-10-16-22-17-11-6-7-12-18(17)25-19-13-8-9-14-20(19)26-22/h6-9,11-14H,2-5,10,15-16H2,1H3. The summed E-state index contributed by atoms with van der Waals surface area (Å²) in [4.78, 5) is 11.4. The summed E-state index contributed by atoms with van der Waals surface area (Å²) in [7, 11) is 0. The molecule has 2 aromatic carbocycles. The molecule has 0 fully saturated rings. The molecular weight excluding hydrogens is 346 g/mol. The van der Waals surface area contributed by atoms with Crippen LogP contribution in [0.25, 0.3) is 21.4 Å². The smallest absolute Gasteiger partial charge is 0.305 e. The number of esters is 1. The van der Waals surface area contributed by atoms with Crippen molar-refractivity contribution in [2.24, 2.45) is 0 Å². The quantitative estimate of drug-likeness (QED) is 0.356. The molecule has 0 aliphatic heterocycles. The Morgan fingerprint density at radius 1 is 1.00 bits per heavy atom. The van der Waals surface area contributed by atoms with E-state index >= 15 is 0 Å². The summed E-state index contributed by atoms with van der Waals surface area (Å²) >= 11 is 1.73. The van der Waals surface area contributed by atoms with Crippen LogP contribution in [-0.4, -0.2) is 16.5 Å². The van der Waals surface area contributed by atoms with Gasteiger partial charge in [0.15, 0.2) is 5.58 Å². The SMILES string of the molecule is CCOC(=O)CCCCCCn1sc2ccccc2oc2ccccc21. The van der Waals surface area contributed by atoms with E-state index in [4.69, 9.17) is 9.15 Å². The minimum absolute atomic E-state index is 0.0849. The fourth-order valence-electron chi connectivity index (χ4n) is 2.92. The fraction of sp³-hybridized carbons (Fsp3) is 0.381. The van der Waals surface area contributed by atoms with Crippen LogP contribution in [0.4, 0.5) is 0 Å². The number of aromatic nitrogens is 1. The Balaban J connectivity index is 1.68. The first-order chi connectivity index (χ1) is 12.8. The predicted octanol–water partition coefficient (Wildman–Crippen LogP) is 6.09. The number of benzene rings is 2. The molecule has 0 atom stereocenters. The molecule has 0 aliphatic carbocycles. The maximum Gasteiger partial charge on any atom is 0.305 e. The second kappa shape index (κ2) is 9.43. The lowest BCUT2D eigenvalue weighted by Crippen LogP contribution is -2.03. The van der Waals surface area contributed by atoms with Crippen LogP contribution >= 0.6 is 11.5 Å². The Hall–Kier alpha value is -2.27. The number of aryl methyl sites for hydroxylation is 1. The average Bonchev–Trinajstić information content (AvgIpc) is 2.81. The zero-order chi connectivity index (χ0) is 18.2. The van der Waals surface area contributed by atoms with Gasteiger partial charge in [-0.2, -0.15) is 0 Å². The molecule has 26 heavy (non-hydrogen) atoms. The van der Waals surface area contributed by atoms with Crippen molar-refractivity contribution in [1.82, 2.24) is 3.96 Å². The molecule has 3 aromatic rings. The number of rotatable bonds is 8. The number of unbranched alkanes of at least 4 members (excludes halogenated alkanes) is 3. The van der Waals surface area contributed by atoms with Gasteiger partial charge >= 0.3 is 5.97 Å². The molecule has 3 rings (SSSR count). The molecule has 0 radical (unpaired) electrons. The van der Waals surface area contributed by atoms with E-state index in [-0.39, 0.29) is 5.97 Å². The van der Waals surface area contributed by atoms with E-state index in [0.717, 1.165) is 53.6 Å². The maximum absolute atomic E-state index is 11.4. The maximum atomic E-state index is 11.4. The van der Waals surface area contributed by atoms with Gasteiger partial charge in [-0.3, -0.25) is 8.75 Å². The van der Waals surface area contributed by atoms with Crippen molar-refractivity contribution in [2.75, 3.05) is 6.61 Å². The number of hydrogen-bond acceptors (Lipinski definition) is 4. The highest BCUT2D eigenvalue weighted by molar-refractivity contribution is 7.13. The van der Waals surface area contributed by atoms with Gasteiger partial charge in [0.25, 0.3) is 0 Å². The van der Waals surface area contributed by atoms with Crippen molar-refractivity contribution in [1.29, 1.82) is 0 Å². The van der Waals surface area contributed by atoms with Crippen LogP contribution in [0, 0.1) is 0 Å². The molecule has 0 saturated heterocycles. The van der Waals surface area contributed by atoms with Crippen LogP contribution in [-0.2, 0) is 16.1 Å². The van der Waals surface area contributed by atoms with Crippen LogP contribution < -0.4 is 0 Å². The summed E-state index contributed by atoms with van der Waals surface area (Å²) in [6.45, 7) is 3.25. The zero-order valence-electron chi connectivity index (χ0n) is 15.1. The van der Waals surface area contributed by atoms with Gasteiger partial charge in [-0.05, 0) is 44.0 Å². The molecule has 4 nitrogen and oxygen atoms in total. The Kier molecular flexibility index (Phi) is 6.72. The minimum atomic E-state index is -0.0849. The van der Waals surface area contributed by atoms with Gasteiger partial charge in [0.05, 0.1) is 16.8 Å². The molecule has 0 amide bonds. The summed E-state index contributed by atoms with van der Waals surface area (Å²) in [5, 5.41) is 0. The van der Waals surface area contributed by atoms with Crippen LogP contribution in [0.3, 0.4) is 0 Å². The number of fused-ring (bicyclic) bond motifs is 2. The van der Waals surface area contributed by atoms with Crippen molar-refractivity contribution in [3.8, 4) is 0 Å². The fourth-order valence-corrected chi connectivity index (χ4v) is 3.97. The molecule has 0 spiro atoms. The van der Waals surface area contributed by atoms with E-state index in [1.54, 1.807) is 11.5 Å². The molecule has 1 aromatic heterocycles. The van der Waals surface area contributed by atoms with Gasteiger partial charge in [0.1, 0.15) is 5.58 Å². The van der Waals surface area contributed by atoms with Gasteiger partial charge in [-0.25, -0.2) is 0 Å². The van der Waals surface area contributed by atoms with E-state index in [1.165, 1.54) is 0 Å². The first-order valence-electron chi connectivity index (χ1n) is 9.25. The van der Waals surface area contributed by atoms with E-state index < -0.39 is 0 Å². The topological polar surface area (TPSA) is 44.4 Å². The lowest BCUT2D eigenvalue weighted by Gasteiger charge is -2.06. The number of ether oxygens (including phenoxy) is 1. The zero-order valence-corrected chi connectivity index (χ0v) is 16.0. The molecule has 0 saturated carbocycles. The van der Waals surface area contributed by atoms with E-state index in [9.17, 15) is 4.79 Å². The second-order valence-corrected chi connectivity index (χ2v) is 7.24. The van der Waals surface area contributed by atoms with E-state index in [2.05, 4.69) is 16.1 Å². The van der Waals surface area contributed by atoms with Crippen molar-refractivity contribution in [3.63, 3.8) is 0 Å². The Labute approximate surface area is 157 Å². The monoisotopic (exact) mass is 371 g/mol. The van der Waals surface area contributed by atoms with E-state index in [1.807, 2.05) is 43.3 Å². The number of carbonyl (C=O) groups is 1. The summed E-state index contributed by atoms with van der Waals surface area (Å²) in [5.41, 5.74) is 2.91. The highest BCUT2D eigenvalue weighted by atomic mass is 32.1. The minimum Gasteiger partial charge on any atom is -0.466 e. The third-order valence-corrected chi connectivity index (χ3v) is 5.34. The lowest BCUT2D eigenvalue weighted by atomic mass is 10.1. The molecule has 0 N–H and O–H groups in total. The Morgan fingerprint density at radius 2 is 1.73 bits per heavy atom. The first kappa shape index (κ1) is 18.5. The number of nitrogens with zero attached hydrogens (tertiary/aromatic N) is 1.